The molecule has 9 nitrogen and oxygen atoms in total. The molecular formula is C23H17NO8-2. The summed E-state index contributed by atoms with van der Waals surface area (Å²) in [4.78, 5) is 34.9. The minimum absolute atomic E-state index is 0.0650. The minimum Gasteiger partial charge on any atom is -0.545 e. The van der Waals surface area contributed by atoms with E-state index in [2.05, 4.69) is 5.32 Å². The molecule has 0 aromatic heterocycles. The number of anilines is 1. The maximum Gasteiger partial charge on any atom is 0.255 e. The first-order valence-electron chi connectivity index (χ1n) is 9.20. The van der Waals surface area contributed by atoms with Crippen LogP contribution < -0.4 is 29.7 Å². The topological polar surface area (TPSA) is 137 Å². The summed E-state index contributed by atoms with van der Waals surface area (Å²) in [6.07, 6.45) is 0. The number of hydrogen-bond acceptors (Lipinski definition) is 8. The van der Waals surface area contributed by atoms with E-state index < -0.39 is 29.0 Å². The van der Waals surface area contributed by atoms with Crippen LogP contribution in [0.5, 0.6) is 23.0 Å². The van der Waals surface area contributed by atoms with Crippen LogP contribution in [-0.4, -0.2) is 32.1 Å². The van der Waals surface area contributed by atoms with Crippen molar-refractivity contribution < 1.29 is 38.8 Å². The van der Waals surface area contributed by atoms with Gasteiger partial charge in [0.15, 0.2) is 0 Å². The first-order valence-corrected chi connectivity index (χ1v) is 9.20. The lowest BCUT2D eigenvalue weighted by molar-refractivity contribution is -0.259. The predicted molar refractivity (Wildman–Crippen MR) is 109 cm³/mol. The fraction of sp³-hybridized carbons (Fsp3) is 0.0870. The Morgan fingerprint density at radius 2 is 1.34 bits per heavy atom. The Morgan fingerprint density at radius 1 is 0.719 bits per heavy atom. The summed E-state index contributed by atoms with van der Waals surface area (Å²) in [5.41, 5.74) is -0.379. The highest BCUT2D eigenvalue weighted by atomic mass is 16.5. The third-order valence-electron chi connectivity index (χ3n) is 4.37. The SMILES string of the molecule is COc1cc(OC)cc(C(=O)Nc2cccc(Oc3ccc(C(=O)[O-])c(C(=O)[O-])c3)c2)c1. The normalized spacial score (nSPS) is 10.2. The van der Waals surface area contributed by atoms with E-state index in [1.54, 1.807) is 36.4 Å². The van der Waals surface area contributed by atoms with Gasteiger partial charge in [0, 0.05) is 34.5 Å². The molecule has 0 saturated heterocycles. The van der Waals surface area contributed by atoms with Gasteiger partial charge in [-0.15, -0.1) is 0 Å². The number of carboxylic acid groups (broad SMARTS) is 2. The maximum absolute atomic E-state index is 12.6. The van der Waals surface area contributed by atoms with Crippen molar-refractivity contribution in [3.63, 3.8) is 0 Å². The van der Waals surface area contributed by atoms with E-state index in [4.69, 9.17) is 14.2 Å². The lowest BCUT2D eigenvalue weighted by Gasteiger charge is -2.14. The average Bonchev–Trinajstić information content (AvgIpc) is 2.78. The highest BCUT2D eigenvalue weighted by Gasteiger charge is 2.12. The van der Waals surface area contributed by atoms with Gasteiger partial charge in [-0.2, -0.15) is 0 Å². The molecule has 0 heterocycles. The van der Waals surface area contributed by atoms with E-state index in [0.717, 1.165) is 12.1 Å². The minimum atomic E-state index is -1.68. The number of carboxylic acids is 2. The van der Waals surface area contributed by atoms with Crippen LogP contribution in [-0.2, 0) is 0 Å². The molecular weight excluding hydrogens is 418 g/mol. The van der Waals surface area contributed by atoms with Gasteiger partial charge in [0.2, 0.25) is 0 Å². The van der Waals surface area contributed by atoms with Crippen LogP contribution in [0.15, 0.2) is 60.7 Å². The van der Waals surface area contributed by atoms with Crippen molar-refractivity contribution in [1.29, 1.82) is 0 Å². The van der Waals surface area contributed by atoms with Gasteiger partial charge in [-0.1, -0.05) is 6.07 Å². The molecule has 0 saturated carbocycles. The molecule has 0 aliphatic carbocycles. The monoisotopic (exact) mass is 435 g/mol. The Bertz CT molecular complexity index is 1170. The second-order valence-electron chi connectivity index (χ2n) is 6.47. The first-order chi connectivity index (χ1) is 15.3. The van der Waals surface area contributed by atoms with Gasteiger partial charge < -0.3 is 39.3 Å². The number of methoxy groups -OCH3 is 2. The van der Waals surface area contributed by atoms with Gasteiger partial charge in [-0.25, -0.2) is 0 Å². The molecule has 3 aromatic carbocycles. The maximum atomic E-state index is 12.6. The lowest BCUT2D eigenvalue weighted by Crippen LogP contribution is -2.30. The Morgan fingerprint density at radius 3 is 1.94 bits per heavy atom. The van der Waals surface area contributed by atoms with E-state index in [0.29, 0.717) is 22.7 Å². The third-order valence-corrected chi connectivity index (χ3v) is 4.37. The zero-order valence-corrected chi connectivity index (χ0v) is 17.0. The van der Waals surface area contributed by atoms with Crippen LogP contribution in [0.1, 0.15) is 31.1 Å². The van der Waals surface area contributed by atoms with Crippen molar-refractivity contribution in [2.24, 2.45) is 0 Å². The lowest BCUT2D eigenvalue weighted by atomic mass is 10.1. The summed E-state index contributed by atoms with van der Waals surface area (Å²) in [5.74, 6) is -2.49. The van der Waals surface area contributed by atoms with E-state index >= 15 is 0 Å². The largest absolute Gasteiger partial charge is 0.545 e. The second-order valence-corrected chi connectivity index (χ2v) is 6.47. The van der Waals surface area contributed by atoms with Crippen molar-refractivity contribution in [2.45, 2.75) is 0 Å². The molecule has 3 aromatic rings. The van der Waals surface area contributed by atoms with Crippen molar-refractivity contribution in [3.8, 4) is 23.0 Å². The number of amides is 1. The molecule has 0 radical (unpaired) electrons. The van der Waals surface area contributed by atoms with Crippen molar-refractivity contribution in [2.75, 3.05) is 19.5 Å². The van der Waals surface area contributed by atoms with Gasteiger partial charge in [0.1, 0.15) is 23.0 Å². The van der Waals surface area contributed by atoms with Gasteiger partial charge in [0.05, 0.1) is 26.2 Å². The molecule has 1 amide bonds. The quantitative estimate of drug-likeness (QED) is 0.562. The smallest absolute Gasteiger partial charge is 0.255 e. The summed E-state index contributed by atoms with van der Waals surface area (Å²) >= 11 is 0. The van der Waals surface area contributed by atoms with E-state index in [1.165, 1.54) is 26.4 Å². The van der Waals surface area contributed by atoms with Gasteiger partial charge in [-0.3, -0.25) is 4.79 Å². The molecule has 0 bridgehead atoms. The highest BCUT2D eigenvalue weighted by Crippen LogP contribution is 2.27. The fourth-order valence-corrected chi connectivity index (χ4v) is 2.85. The molecule has 9 heteroatoms. The van der Waals surface area contributed by atoms with E-state index in [-0.39, 0.29) is 11.5 Å². The van der Waals surface area contributed by atoms with Crippen molar-refractivity contribution in [3.05, 3.63) is 77.4 Å². The van der Waals surface area contributed by atoms with Crippen LogP contribution >= 0.6 is 0 Å². The zero-order valence-electron chi connectivity index (χ0n) is 17.0. The number of benzene rings is 3. The number of ether oxygens (including phenoxy) is 3. The second kappa shape index (κ2) is 9.52. The molecule has 32 heavy (non-hydrogen) atoms. The van der Waals surface area contributed by atoms with E-state index in [1.807, 2.05) is 0 Å². The molecule has 0 aliphatic heterocycles. The van der Waals surface area contributed by atoms with Gasteiger partial charge in [-0.05, 0) is 42.5 Å². The average molecular weight is 435 g/mol. The third kappa shape index (κ3) is 5.14. The van der Waals surface area contributed by atoms with Gasteiger partial charge in [0.25, 0.3) is 5.91 Å². The summed E-state index contributed by atoms with van der Waals surface area (Å²) in [6.45, 7) is 0. The Labute approximate surface area is 182 Å². The molecule has 3 rings (SSSR count). The standard InChI is InChI=1S/C23H19NO8/c1-30-17-8-13(9-18(11-17)31-2)21(25)24-14-4-3-5-15(10-14)32-16-6-7-19(22(26)27)20(12-16)23(28)29/h3-12H,1-2H3,(H,24,25)(H,26,27)(H,28,29)/p-2. The predicted octanol–water partition coefficient (Wildman–Crippen LogP) is 1.48. The number of carbonyl (C=O) groups is 3. The van der Waals surface area contributed by atoms with Crippen LogP contribution in [0.3, 0.4) is 0 Å². The Balaban J connectivity index is 1.81. The van der Waals surface area contributed by atoms with E-state index in [9.17, 15) is 24.6 Å². The molecule has 0 fully saturated rings. The summed E-state index contributed by atoms with van der Waals surface area (Å²) in [7, 11) is 2.95. The molecule has 1 N–H and O–H groups in total. The fourth-order valence-electron chi connectivity index (χ4n) is 2.85. The number of carbonyl (C=O) groups excluding carboxylic acids is 3. The van der Waals surface area contributed by atoms with Crippen LogP contribution in [0, 0.1) is 0 Å². The van der Waals surface area contributed by atoms with Crippen LogP contribution in [0.2, 0.25) is 0 Å². The van der Waals surface area contributed by atoms with Crippen LogP contribution in [0.25, 0.3) is 0 Å². The molecule has 0 unspecified atom stereocenters. The van der Waals surface area contributed by atoms with Crippen molar-refractivity contribution in [1.82, 2.24) is 0 Å². The Kier molecular flexibility index (Phi) is 6.59. The summed E-state index contributed by atoms with van der Waals surface area (Å²) < 4.78 is 15.9. The number of nitrogens with one attached hydrogen (secondary N) is 1. The van der Waals surface area contributed by atoms with Gasteiger partial charge >= 0.3 is 0 Å². The molecule has 0 atom stereocenters. The summed E-state index contributed by atoms with van der Waals surface area (Å²) in [6, 6.07) is 14.4. The molecule has 0 spiro atoms. The molecule has 164 valence electrons. The number of hydrogen-bond donors (Lipinski definition) is 1. The highest BCUT2D eigenvalue weighted by molar-refractivity contribution is 6.05. The zero-order chi connectivity index (χ0) is 23.3. The molecule has 0 aliphatic rings. The number of aromatic carboxylic acids is 2. The Hall–Kier alpha value is -4.53. The summed E-state index contributed by atoms with van der Waals surface area (Å²) in [5, 5.41) is 25.0. The van der Waals surface area contributed by atoms with Crippen molar-refractivity contribution >= 4 is 23.5 Å². The number of rotatable bonds is 8. The first kappa shape index (κ1) is 22.2. The van der Waals surface area contributed by atoms with Crippen LogP contribution in [0.4, 0.5) is 5.69 Å².